The number of carbonyl (C=O) groups is 3. The molecule has 0 amide bonds. The molecule has 280 valence electrons. The predicted molar refractivity (Wildman–Crippen MR) is 193 cm³/mol. The van der Waals surface area contributed by atoms with Crippen molar-refractivity contribution in [2.75, 3.05) is 45.5 Å². The van der Waals surface area contributed by atoms with Crippen LogP contribution in [0.2, 0.25) is 0 Å². The van der Waals surface area contributed by atoms with Crippen LogP contribution >= 0.6 is 11.6 Å². The molecule has 1 N–H and O–H groups in total. The number of rotatable bonds is 17. The number of carbonyl (C=O) groups excluding carboxylic acids is 3. The van der Waals surface area contributed by atoms with Crippen molar-refractivity contribution in [3.05, 3.63) is 128 Å². The third-order valence-electron chi connectivity index (χ3n) is 6.09. The van der Waals surface area contributed by atoms with Crippen LogP contribution in [0.15, 0.2) is 111 Å². The van der Waals surface area contributed by atoms with Gasteiger partial charge in [0.25, 0.3) is 6.47 Å². The molecule has 1 aliphatic heterocycles. The van der Waals surface area contributed by atoms with Crippen molar-refractivity contribution in [2.24, 2.45) is 5.41 Å². The molecule has 12 nitrogen and oxygen atoms in total. The normalized spacial score (nSPS) is 12.3. The van der Waals surface area contributed by atoms with Crippen LogP contribution in [-0.2, 0) is 28.6 Å². The number of benzene rings is 3. The molecule has 0 saturated carbocycles. The van der Waals surface area contributed by atoms with Crippen molar-refractivity contribution in [3.8, 4) is 17.2 Å². The van der Waals surface area contributed by atoms with E-state index in [0.29, 0.717) is 50.0 Å². The fourth-order valence-corrected chi connectivity index (χ4v) is 3.78. The van der Waals surface area contributed by atoms with E-state index in [2.05, 4.69) is 55.3 Å². The van der Waals surface area contributed by atoms with Crippen LogP contribution in [0.3, 0.4) is 0 Å². The van der Waals surface area contributed by atoms with Crippen LogP contribution in [0.4, 0.5) is 0 Å². The first-order valence-corrected chi connectivity index (χ1v) is 15.9. The number of phenols is 1. The van der Waals surface area contributed by atoms with E-state index < -0.39 is 0 Å². The molecule has 0 radical (unpaired) electrons. The second-order valence-electron chi connectivity index (χ2n) is 10.3. The molecule has 0 bridgehead atoms. The Morgan fingerprint density at radius 3 is 1.45 bits per heavy atom. The second-order valence-corrected chi connectivity index (χ2v) is 10.7. The Labute approximate surface area is 403 Å². The van der Waals surface area contributed by atoms with Gasteiger partial charge in [-0.15, -0.1) is 11.6 Å². The molecule has 1 unspecified atom stereocenters. The fraction of sp³-hybridized carbons (Fsp3) is 0.289. The Balaban J connectivity index is -0.000000310. The SMILES string of the molecule is C=COCCCl.C=COCCOc1ccc(C2OCC2(C)C)cc1.C=COCCOc1ccc(C=O)cc1.O=CO[O-].O=Cc1ccc(O)cc1.[H-].[K+].[K+]. The van der Waals surface area contributed by atoms with Crippen LogP contribution in [-0.4, -0.2) is 69.7 Å². The quantitative estimate of drug-likeness (QED) is 0.0384. The molecule has 15 heteroatoms. The number of phenolic OH excluding ortho intramolecular Hbond substituents is 1. The molecule has 1 saturated heterocycles. The number of hydrogen-bond acceptors (Lipinski definition) is 12. The van der Waals surface area contributed by atoms with E-state index in [9.17, 15) is 9.59 Å². The summed E-state index contributed by atoms with van der Waals surface area (Å²) < 4.78 is 31.0. The molecule has 1 aliphatic rings. The summed E-state index contributed by atoms with van der Waals surface area (Å²) in [5.41, 5.74) is 2.66. The minimum atomic E-state index is -0.181. The number of ether oxygens (including phenoxy) is 6. The van der Waals surface area contributed by atoms with Crippen molar-refractivity contribution >= 4 is 30.6 Å². The summed E-state index contributed by atoms with van der Waals surface area (Å²) in [5, 5.41) is 17.2. The zero-order valence-corrected chi connectivity index (χ0v) is 37.9. The standard InChI is InChI=1S/C15H20O3.C11H12O3.C7H6O2.C4H7ClO.CH2O3.2K.H/c1-4-16-9-10-17-13-7-5-12(6-8-13)14-15(2,3)11-18-14;1-2-13-7-8-14-11-5-3-10(9-12)4-6-11;8-5-6-1-3-7(9)4-2-6;1-2-6-4-3-5;2-1-4-3;;;/h4-8,14H,1,9-11H2,2-3H3;2-6,9H,1,7-8H2;1-5,9H;2H,1,3-4H2;1,3H;;;/q;;;;;2*+1;-1/p-1. The van der Waals surface area contributed by atoms with Gasteiger partial charge < -0.3 is 45.1 Å². The van der Waals surface area contributed by atoms with Gasteiger partial charge in [0.1, 0.15) is 62.9 Å². The minimum absolute atomic E-state index is 0. The second kappa shape index (κ2) is 36.9. The van der Waals surface area contributed by atoms with Gasteiger partial charge in [0.2, 0.25) is 0 Å². The van der Waals surface area contributed by atoms with Crippen LogP contribution in [0.25, 0.3) is 0 Å². The summed E-state index contributed by atoms with van der Waals surface area (Å²) in [4.78, 5) is 31.6. The maximum absolute atomic E-state index is 10.3. The van der Waals surface area contributed by atoms with E-state index in [1.807, 2.05) is 12.1 Å². The summed E-state index contributed by atoms with van der Waals surface area (Å²) in [6, 6.07) is 21.0. The Bertz CT molecular complexity index is 1380. The summed E-state index contributed by atoms with van der Waals surface area (Å²) in [7, 11) is 0. The smallest absolute Gasteiger partial charge is 1.00 e. The van der Waals surface area contributed by atoms with E-state index >= 15 is 0 Å². The fourth-order valence-electron chi connectivity index (χ4n) is 3.69. The maximum atomic E-state index is 10.3. The number of aromatic hydroxyl groups is 1. The molecule has 53 heavy (non-hydrogen) atoms. The monoisotopic (exact) mass is 808 g/mol. The number of alkyl halides is 1. The first-order valence-electron chi connectivity index (χ1n) is 15.4. The number of hydrogen-bond donors (Lipinski definition) is 1. The van der Waals surface area contributed by atoms with Gasteiger partial charge in [0, 0.05) is 16.5 Å². The van der Waals surface area contributed by atoms with E-state index in [-0.39, 0.29) is 128 Å². The first kappa shape index (κ1) is 55.3. The average Bonchev–Trinajstić information content (AvgIpc) is 3.16. The number of aldehydes is 2. The summed E-state index contributed by atoms with van der Waals surface area (Å²) in [5.74, 6) is 2.29. The summed E-state index contributed by atoms with van der Waals surface area (Å²) in [6.07, 6.45) is 5.91. The van der Waals surface area contributed by atoms with Crippen LogP contribution in [0, 0.1) is 5.41 Å². The number of halogens is 1. The zero-order chi connectivity index (χ0) is 38.2. The molecule has 1 heterocycles. The summed E-state index contributed by atoms with van der Waals surface area (Å²) >= 11 is 5.21. The van der Waals surface area contributed by atoms with Crippen molar-refractivity contribution in [1.29, 1.82) is 0 Å². The van der Waals surface area contributed by atoms with Crippen molar-refractivity contribution in [1.82, 2.24) is 0 Å². The molecule has 4 rings (SSSR count). The van der Waals surface area contributed by atoms with Crippen LogP contribution < -0.4 is 118 Å². The minimum Gasteiger partial charge on any atom is -1.00 e. The topological polar surface area (TPSA) is 159 Å². The molecular formula is C38H47ClK2O12. The van der Waals surface area contributed by atoms with E-state index in [1.165, 1.54) is 36.5 Å². The molecule has 3 aromatic carbocycles. The van der Waals surface area contributed by atoms with Gasteiger partial charge in [-0.25, -0.2) is 0 Å². The van der Waals surface area contributed by atoms with Gasteiger partial charge in [0.05, 0.1) is 37.4 Å². The van der Waals surface area contributed by atoms with Gasteiger partial charge in [-0.2, -0.15) is 0 Å². The molecule has 3 aromatic rings. The molecule has 1 atom stereocenters. The van der Waals surface area contributed by atoms with Crippen molar-refractivity contribution < 1.29 is 162 Å². The maximum Gasteiger partial charge on any atom is 1.00 e. The molecule has 0 spiro atoms. The van der Waals surface area contributed by atoms with E-state index in [1.54, 1.807) is 36.4 Å². The zero-order valence-electron chi connectivity index (χ0n) is 31.9. The average molecular weight is 809 g/mol. The molecule has 1 fully saturated rings. The van der Waals surface area contributed by atoms with Crippen molar-refractivity contribution in [2.45, 2.75) is 20.0 Å². The molecule has 0 aliphatic carbocycles. The Morgan fingerprint density at radius 2 is 1.15 bits per heavy atom. The third-order valence-corrected chi connectivity index (χ3v) is 6.24. The van der Waals surface area contributed by atoms with E-state index in [0.717, 1.165) is 30.7 Å². The van der Waals surface area contributed by atoms with Gasteiger partial charge in [-0.1, -0.05) is 45.7 Å². The molecule has 0 aromatic heterocycles. The Hall–Kier alpha value is -2.03. The van der Waals surface area contributed by atoms with Crippen LogP contribution in [0.1, 0.15) is 47.7 Å². The third kappa shape index (κ3) is 28.1. The van der Waals surface area contributed by atoms with Crippen molar-refractivity contribution in [3.63, 3.8) is 0 Å². The van der Waals surface area contributed by atoms with Gasteiger partial charge in [-0.05, 0) is 66.2 Å². The predicted octanol–water partition coefficient (Wildman–Crippen LogP) is 0.506. The van der Waals surface area contributed by atoms with Gasteiger partial charge in [0.15, 0.2) is 0 Å². The van der Waals surface area contributed by atoms with Crippen LogP contribution in [0.5, 0.6) is 17.2 Å². The Morgan fingerprint density at radius 1 is 0.755 bits per heavy atom. The van der Waals surface area contributed by atoms with E-state index in [4.69, 9.17) is 50.4 Å². The van der Waals surface area contributed by atoms with Gasteiger partial charge >= 0.3 is 103 Å². The van der Waals surface area contributed by atoms with Gasteiger partial charge in [-0.3, -0.25) is 14.4 Å². The largest absolute Gasteiger partial charge is 1.00 e. The molecular weight excluding hydrogens is 762 g/mol. The Kier molecular flexibility index (Phi) is 38.5. The first-order chi connectivity index (χ1) is 24.6. The summed E-state index contributed by atoms with van der Waals surface area (Å²) in [6.45, 7) is 17.8.